The molecule has 2 heterocycles. The molecule has 1 aliphatic heterocycles. The maximum absolute atomic E-state index is 12.9. The van der Waals surface area contributed by atoms with E-state index in [1.165, 1.54) is 6.92 Å². The van der Waals surface area contributed by atoms with Crippen molar-refractivity contribution in [3.8, 4) is 17.0 Å². The van der Waals surface area contributed by atoms with E-state index in [1.54, 1.807) is 12.0 Å². The molecule has 2 amide bonds. The van der Waals surface area contributed by atoms with E-state index in [1.807, 2.05) is 55.1 Å². The highest BCUT2D eigenvalue weighted by Crippen LogP contribution is 2.22. The Labute approximate surface area is 190 Å². The summed E-state index contributed by atoms with van der Waals surface area (Å²) in [5, 5.41) is 8.82. The van der Waals surface area contributed by atoms with Gasteiger partial charge in [-0.3, -0.25) is 9.59 Å². The first-order chi connectivity index (χ1) is 15.4. The second-order valence-electron chi connectivity index (χ2n) is 8.13. The lowest BCUT2D eigenvalue weighted by molar-refractivity contribution is -0.141. The maximum atomic E-state index is 12.9. The van der Waals surface area contributed by atoms with E-state index in [2.05, 4.69) is 15.1 Å². The number of ether oxygens (including phenoxy) is 1. The molecule has 8 heteroatoms. The van der Waals surface area contributed by atoms with Crippen LogP contribution in [0.1, 0.15) is 33.6 Å². The molecule has 1 fully saturated rings. The standard InChI is InChI=1S/C24H33N5O3/c1-5-18(2)29(19(3)30)17-24(31)28-14-6-13-27(15-16-28)23-12-11-22(25-26-23)20-7-9-21(32-4)10-8-20/h7-12,18H,5-6,13-17H2,1-4H3. The van der Waals surface area contributed by atoms with E-state index in [4.69, 9.17) is 4.74 Å². The number of methoxy groups -OCH3 is 1. The number of hydrogen-bond acceptors (Lipinski definition) is 6. The van der Waals surface area contributed by atoms with Gasteiger partial charge >= 0.3 is 0 Å². The Kier molecular flexibility index (Phi) is 8.03. The van der Waals surface area contributed by atoms with Crippen LogP contribution in [0.3, 0.4) is 0 Å². The van der Waals surface area contributed by atoms with E-state index in [-0.39, 0.29) is 24.4 Å². The molecule has 172 valence electrons. The summed E-state index contributed by atoms with van der Waals surface area (Å²) in [6, 6.07) is 11.7. The Hall–Kier alpha value is -3.16. The van der Waals surface area contributed by atoms with E-state index < -0.39 is 0 Å². The van der Waals surface area contributed by atoms with Crippen LogP contribution in [0.2, 0.25) is 0 Å². The van der Waals surface area contributed by atoms with Crippen LogP contribution in [0.4, 0.5) is 5.82 Å². The first kappa shape index (κ1) is 23.5. The average Bonchev–Trinajstić information content (AvgIpc) is 3.08. The van der Waals surface area contributed by atoms with Gasteiger partial charge in [0.25, 0.3) is 0 Å². The first-order valence-corrected chi connectivity index (χ1v) is 11.2. The van der Waals surface area contributed by atoms with Crippen molar-refractivity contribution >= 4 is 17.6 Å². The fourth-order valence-corrected chi connectivity index (χ4v) is 3.85. The van der Waals surface area contributed by atoms with E-state index in [0.29, 0.717) is 19.6 Å². The second kappa shape index (κ2) is 10.9. The molecule has 8 nitrogen and oxygen atoms in total. The Morgan fingerprint density at radius 2 is 1.81 bits per heavy atom. The van der Waals surface area contributed by atoms with Crippen LogP contribution in [0.5, 0.6) is 5.75 Å². The molecule has 0 saturated carbocycles. The molecule has 1 aromatic carbocycles. The molecule has 0 spiro atoms. The molecule has 0 aliphatic carbocycles. The van der Waals surface area contributed by atoms with Gasteiger partial charge in [0.05, 0.1) is 19.3 Å². The van der Waals surface area contributed by atoms with E-state index in [9.17, 15) is 9.59 Å². The first-order valence-electron chi connectivity index (χ1n) is 11.2. The summed E-state index contributed by atoms with van der Waals surface area (Å²) in [5.41, 5.74) is 1.78. The van der Waals surface area contributed by atoms with Crippen LogP contribution >= 0.6 is 0 Å². The molecule has 0 bridgehead atoms. The van der Waals surface area contributed by atoms with Crippen molar-refractivity contribution in [3.05, 3.63) is 36.4 Å². The van der Waals surface area contributed by atoms with Crippen LogP contribution in [0, 0.1) is 0 Å². The minimum absolute atomic E-state index is 0.00304. The number of aromatic nitrogens is 2. The van der Waals surface area contributed by atoms with Crippen LogP contribution in [-0.4, -0.2) is 77.7 Å². The quantitative estimate of drug-likeness (QED) is 0.660. The fraction of sp³-hybridized carbons (Fsp3) is 0.500. The van der Waals surface area contributed by atoms with Crippen molar-refractivity contribution in [1.82, 2.24) is 20.0 Å². The third kappa shape index (κ3) is 5.75. The maximum Gasteiger partial charge on any atom is 0.242 e. The summed E-state index contributed by atoms with van der Waals surface area (Å²) >= 11 is 0. The normalized spacial score (nSPS) is 15.1. The number of carbonyl (C=O) groups excluding carboxylic acids is 2. The molecule has 1 unspecified atom stereocenters. The van der Waals surface area contributed by atoms with Gasteiger partial charge in [0, 0.05) is 44.7 Å². The van der Waals surface area contributed by atoms with E-state index in [0.717, 1.165) is 42.2 Å². The molecule has 0 N–H and O–H groups in total. The van der Waals surface area contributed by atoms with Crippen molar-refractivity contribution in [2.24, 2.45) is 0 Å². The van der Waals surface area contributed by atoms with Crippen LogP contribution in [0.25, 0.3) is 11.3 Å². The minimum Gasteiger partial charge on any atom is -0.497 e. The van der Waals surface area contributed by atoms with Crippen LogP contribution in [0.15, 0.2) is 36.4 Å². The molecule has 3 rings (SSSR count). The van der Waals surface area contributed by atoms with Gasteiger partial charge < -0.3 is 19.4 Å². The lowest BCUT2D eigenvalue weighted by Gasteiger charge is -2.30. The second-order valence-corrected chi connectivity index (χ2v) is 8.13. The minimum atomic E-state index is -0.0589. The fourth-order valence-electron chi connectivity index (χ4n) is 3.85. The van der Waals surface area contributed by atoms with Crippen molar-refractivity contribution in [2.45, 2.75) is 39.7 Å². The molecule has 0 radical (unpaired) electrons. The Balaban J connectivity index is 1.60. The van der Waals surface area contributed by atoms with Gasteiger partial charge in [-0.2, -0.15) is 0 Å². The zero-order chi connectivity index (χ0) is 23.1. The molecule has 1 aliphatic rings. The lowest BCUT2D eigenvalue weighted by Crippen LogP contribution is -2.46. The number of nitrogens with zero attached hydrogens (tertiary/aromatic N) is 5. The number of anilines is 1. The zero-order valence-electron chi connectivity index (χ0n) is 19.5. The highest BCUT2D eigenvalue weighted by Gasteiger charge is 2.24. The molecule has 1 aromatic heterocycles. The highest BCUT2D eigenvalue weighted by atomic mass is 16.5. The van der Waals surface area contributed by atoms with Crippen molar-refractivity contribution in [2.75, 3.05) is 44.7 Å². The Morgan fingerprint density at radius 1 is 1.06 bits per heavy atom. The number of hydrogen-bond donors (Lipinski definition) is 0. The molecular weight excluding hydrogens is 406 g/mol. The third-order valence-electron chi connectivity index (χ3n) is 6.04. The summed E-state index contributed by atoms with van der Waals surface area (Å²) in [7, 11) is 1.64. The van der Waals surface area contributed by atoms with Crippen molar-refractivity contribution in [1.29, 1.82) is 0 Å². The SMILES string of the molecule is CCC(C)N(CC(=O)N1CCCN(c2ccc(-c3ccc(OC)cc3)nn2)CC1)C(C)=O. The number of rotatable bonds is 7. The number of amides is 2. The summed E-state index contributed by atoms with van der Waals surface area (Å²) in [5.74, 6) is 1.55. The third-order valence-corrected chi connectivity index (χ3v) is 6.04. The van der Waals surface area contributed by atoms with Crippen molar-refractivity contribution in [3.63, 3.8) is 0 Å². The predicted molar refractivity (Wildman–Crippen MR) is 125 cm³/mol. The highest BCUT2D eigenvalue weighted by molar-refractivity contribution is 5.84. The molecular formula is C24H33N5O3. The summed E-state index contributed by atoms with van der Waals surface area (Å²) in [4.78, 5) is 30.5. The smallest absolute Gasteiger partial charge is 0.242 e. The van der Waals surface area contributed by atoms with Gasteiger partial charge in [0.1, 0.15) is 5.75 Å². The van der Waals surface area contributed by atoms with E-state index >= 15 is 0 Å². The lowest BCUT2D eigenvalue weighted by atomic mass is 10.1. The number of carbonyl (C=O) groups is 2. The van der Waals surface area contributed by atoms with Gasteiger partial charge in [0.15, 0.2) is 5.82 Å². The van der Waals surface area contributed by atoms with Crippen LogP contribution < -0.4 is 9.64 Å². The van der Waals surface area contributed by atoms with Gasteiger partial charge in [-0.05, 0) is 56.2 Å². The van der Waals surface area contributed by atoms with Gasteiger partial charge in [-0.25, -0.2) is 0 Å². The Morgan fingerprint density at radius 3 is 2.41 bits per heavy atom. The monoisotopic (exact) mass is 439 g/mol. The largest absolute Gasteiger partial charge is 0.497 e. The molecule has 32 heavy (non-hydrogen) atoms. The Bertz CT molecular complexity index is 901. The van der Waals surface area contributed by atoms with Crippen LogP contribution in [-0.2, 0) is 9.59 Å². The summed E-state index contributed by atoms with van der Waals surface area (Å²) in [6.07, 6.45) is 1.67. The molecule has 1 atom stereocenters. The average molecular weight is 440 g/mol. The van der Waals surface area contributed by atoms with Gasteiger partial charge in [-0.15, -0.1) is 10.2 Å². The zero-order valence-corrected chi connectivity index (χ0v) is 19.5. The van der Waals surface area contributed by atoms with Crippen molar-refractivity contribution < 1.29 is 14.3 Å². The topological polar surface area (TPSA) is 78.9 Å². The predicted octanol–water partition coefficient (Wildman–Crippen LogP) is 2.84. The summed E-state index contributed by atoms with van der Waals surface area (Å²) in [6.45, 7) is 8.45. The molecule has 1 saturated heterocycles. The van der Waals surface area contributed by atoms with Gasteiger partial charge in [0.2, 0.25) is 11.8 Å². The van der Waals surface area contributed by atoms with Gasteiger partial charge in [-0.1, -0.05) is 6.92 Å². The number of benzene rings is 1. The summed E-state index contributed by atoms with van der Waals surface area (Å²) < 4.78 is 5.20. The molecule has 2 aromatic rings.